The molecule has 23 aromatic carbocycles. The zero-order valence-electron chi connectivity index (χ0n) is 77.9. The van der Waals surface area contributed by atoms with E-state index in [4.69, 9.17) is 0 Å². The number of fused-ring (bicyclic) bond motifs is 12. The van der Waals surface area contributed by atoms with Crippen molar-refractivity contribution in [2.45, 2.75) is 0 Å². The Bertz CT molecular complexity index is 9450. The molecule has 0 aliphatic rings. The lowest BCUT2D eigenvalue weighted by Gasteiger charge is -2.14. The van der Waals surface area contributed by atoms with Gasteiger partial charge in [-0.1, -0.05) is 406 Å². The quantitative estimate of drug-likeness (QED) is 0.0866. The topological polar surface area (TPSA) is 19.7 Å². The third kappa shape index (κ3) is 15.5. The minimum absolute atomic E-state index is 1.14. The van der Waals surface area contributed by atoms with E-state index in [1.165, 1.54) is 232 Å². The zero-order valence-corrected chi connectivity index (χ0v) is 77.9. The number of benzene rings is 23. The second-order valence-electron chi connectivity index (χ2n) is 37.0. The van der Waals surface area contributed by atoms with Crippen LogP contribution in [0.5, 0.6) is 0 Å². The highest BCUT2D eigenvalue weighted by molar-refractivity contribution is 6.15. The average Bonchev–Trinajstić information content (AvgIpc) is 1.59. The molecule has 0 amide bonds. The second kappa shape index (κ2) is 36.1. The van der Waals surface area contributed by atoms with Crippen LogP contribution in [0, 0.1) is 0 Å². The van der Waals surface area contributed by atoms with Crippen molar-refractivity contribution in [2.24, 2.45) is 0 Å². The Kier molecular flexibility index (Phi) is 21.3. The number of rotatable bonds is 17. The summed E-state index contributed by atoms with van der Waals surface area (Å²) in [6, 6.07) is 204. The van der Waals surface area contributed by atoms with Gasteiger partial charge in [0.2, 0.25) is 0 Å². The minimum Gasteiger partial charge on any atom is -0.309 e. The summed E-state index contributed by atoms with van der Waals surface area (Å²) in [6.45, 7) is 0. The third-order valence-electron chi connectivity index (χ3n) is 28.7. The predicted molar refractivity (Wildman–Crippen MR) is 601 cm³/mol. The third-order valence-corrected chi connectivity index (χ3v) is 28.7. The van der Waals surface area contributed by atoms with Gasteiger partial charge in [0.05, 0.1) is 44.1 Å². The van der Waals surface area contributed by atoms with Crippen LogP contribution < -0.4 is 0 Å². The molecule has 0 radical (unpaired) electrons. The Morgan fingerprint density at radius 3 is 0.507 bits per heavy atom. The van der Waals surface area contributed by atoms with Gasteiger partial charge >= 0.3 is 0 Å². The lowest BCUT2D eigenvalue weighted by atomic mass is 9.92. The van der Waals surface area contributed by atoms with Crippen LogP contribution >= 0.6 is 0 Å². The lowest BCUT2D eigenvalue weighted by Crippen LogP contribution is -1.94. The van der Waals surface area contributed by atoms with E-state index in [1.807, 2.05) is 0 Å². The van der Waals surface area contributed by atoms with Crippen LogP contribution in [0.3, 0.4) is 0 Å². The summed E-state index contributed by atoms with van der Waals surface area (Å²) in [6.07, 6.45) is 0. The maximum Gasteiger partial charge on any atom is 0.0541 e. The molecule has 4 nitrogen and oxygen atoms in total. The van der Waals surface area contributed by atoms with Gasteiger partial charge in [-0.2, -0.15) is 0 Å². The van der Waals surface area contributed by atoms with Crippen molar-refractivity contribution in [1.29, 1.82) is 0 Å². The molecule has 0 saturated heterocycles. The standard InChI is InChI=1S/C72H48N2.C66H44N2/c1-3-14-49(15-4-1)51-32-38-63(39-33-51)73-69-26-9-7-24-65(69)67-47-61(36-42-71(67)73)62-37-43-72-68(48-62)66-25-8-10-27-70(66)74(72)64-40-34-54(35-41-64)57-20-11-19-56(44-57)52-28-30-53(31-29-52)58-21-13-23-60(46-58)59-22-12-18-55(45-59)50-16-5-2-6-17-50;1-3-15-45(16-4-1)47-29-35-55(36-30-47)67-63-27-11-9-25-59(63)61-43-52(33-39-65(61)67)53-34-40-66-62(44-53)60-26-10-12-28-64(60)68(66)56-37-31-48(32-38-56)57-23-7-8-24-58(57)54-22-14-21-51(42-54)50-20-13-19-49(41-50)46-17-5-2-6-18-46/h1-48H;1-44H. The summed E-state index contributed by atoms with van der Waals surface area (Å²) in [5.41, 5.74) is 45.5. The molecule has 0 atom stereocenters. The minimum atomic E-state index is 1.14. The summed E-state index contributed by atoms with van der Waals surface area (Å²) >= 11 is 0. The maximum atomic E-state index is 2.41. The van der Waals surface area contributed by atoms with Crippen LogP contribution in [0.15, 0.2) is 558 Å². The molecule has 0 saturated carbocycles. The smallest absolute Gasteiger partial charge is 0.0541 e. The molecular formula is C138H92N4. The molecule has 0 aliphatic carbocycles. The molecule has 4 heteroatoms. The van der Waals surface area contributed by atoms with Crippen molar-refractivity contribution in [3.05, 3.63) is 558 Å². The number of hydrogen-bond acceptors (Lipinski definition) is 0. The van der Waals surface area contributed by atoms with E-state index in [9.17, 15) is 0 Å². The molecule has 0 spiro atoms. The Morgan fingerprint density at radius 1 is 0.0845 bits per heavy atom. The highest BCUT2D eigenvalue weighted by atomic mass is 15.0. The van der Waals surface area contributed by atoms with Gasteiger partial charge in [0.25, 0.3) is 0 Å². The van der Waals surface area contributed by atoms with Gasteiger partial charge in [0.15, 0.2) is 0 Å². The summed E-state index contributed by atoms with van der Waals surface area (Å²) in [7, 11) is 0. The first-order valence-corrected chi connectivity index (χ1v) is 48.9. The van der Waals surface area contributed by atoms with E-state index < -0.39 is 0 Å². The van der Waals surface area contributed by atoms with Gasteiger partial charge in [-0.05, 0) is 296 Å². The van der Waals surface area contributed by atoms with Crippen LogP contribution in [0.2, 0.25) is 0 Å². The molecule has 0 N–H and O–H groups in total. The van der Waals surface area contributed by atoms with Gasteiger partial charge in [-0.25, -0.2) is 0 Å². The highest BCUT2D eigenvalue weighted by Gasteiger charge is 2.23. The average molecular weight is 1810 g/mol. The number of nitrogens with zero attached hydrogens (tertiary/aromatic N) is 4. The summed E-state index contributed by atoms with van der Waals surface area (Å²) in [5, 5.41) is 9.95. The molecule has 27 rings (SSSR count). The fraction of sp³-hybridized carbons (Fsp3) is 0. The second-order valence-corrected chi connectivity index (χ2v) is 37.0. The fourth-order valence-corrected chi connectivity index (χ4v) is 21.7. The first-order chi connectivity index (χ1) is 70.4. The molecule has 4 aromatic heterocycles. The summed E-state index contributed by atoms with van der Waals surface area (Å²) < 4.78 is 9.62. The monoisotopic (exact) mass is 1800 g/mol. The van der Waals surface area contributed by atoms with Crippen LogP contribution in [0.4, 0.5) is 0 Å². The zero-order chi connectivity index (χ0) is 93.9. The van der Waals surface area contributed by atoms with Crippen molar-refractivity contribution in [3.63, 3.8) is 0 Å². The Hall–Kier alpha value is -18.7. The van der Waals surface area contributed by atoms with Crippen LogP contribution in [0.1, 0.15) is 0 Å². The van der Waals surface area contributed by atoms with Crippen molar-refractivity contribution in [3.8, 4) is 167 Å². The molecule has 0 bridgehead atoms. The van der Waals surface area contributed by atoms with Crippen LogP contribution in [0.25, 0.3) is 255 Å². The molecule has 0 unspecified atom stereocenters. The van der Waals surface area contributed by atoms with E-state index >= 15 is 0 Å². The number of aromatic nitrogens is 4. The highest BCUT2D eigenvalue weighted by Crippen LogP contribution is 2.46. The van der Waals surface area contributed by atoms with Crippen molar-refractivity contribution in [2.75, 3.05) is 0 Å². The normalized spacial score (nSPS) is 11.5. The van der Waals surface area contributed by atoms with Crippen LogP contribution in [-0.4, -0.2) is 18.3 Å². The number of para-hydroxylation sites is 4. The van der Waals surface area contributed by atoms with Gasteiger partial charge in [-0.3, -0.25) is 0 Å². The van der Waals surface area contributed by atoms with Crippen molar-refractivity contribution >= 4 is 87.2 Å². The van der Waals surface area contributed by atoms with Gasteiger partial charge < -0.3 is 18.3 Å². The number of hydrogen-bond donors (Lipinski definition) is 0. The lowest BCUT2D eigenvalue weighted by molar-refractivity contribution is 1.18. The Morgan fingerprint density at radius 2 is 0.239 bits per heavy atom. The maximum absolute atomic E-state index is 2.41. The Labute approximate surface area is 825 Å². The first-order valence-electron chi connectivity index (χ1n) is 48.9. The molecule has 0 fully saturated rings. The SMILES string of the molecule is c1ccc(-c2ccc(-n3c4ccccc4c4cc(-c5ccc6c(c5)c5ccccc5n6-c5ccc(-c6cccc(-c7ccc(-c8cccc(-c9cccc(-c%10ccccc%10)c9)c8)cc7)c6)cc5)ccc43)cc2)cc1.c1ccc(-c2ccc(-n3c4ccccc4c4cc(-c5ccc6c(c5)c5ccccc5n6-c5ccc(-c6ccccc6-c6cccc(-c7cccc(-c8ccccc8)c7)c6)cc5)ccc43)cc2)cc1. The summed E-state index contributed by atoms with van der Waals surface area (Å²) in [5.74, 6) is 0. The van der Waals surface area contributed by atoms with Gasteiger partial charge in [0.1, 0.15) is 0 Å². The molecule has 142 heavy (non-hydrogen) atoms. The van der Waals surface area contributed by atoms with E-state index in [-0.39, 0.29) is 0 Å². The van der Waals surface area contributed by atoms with E-state index in [1.54, 1.807) is 0 Å². The van der Waals surface area contributed by atoms with Crippen molar-refractivity contribution < 1.29 is 0 Å². The molecule has 4 heterocycles. The van der Waals surface area contributed by atoms with Gasteiger partial charge in [-0.15, -0.1) is 0 Å². The van der Waals surface area contributed by atoms with Crippen LogP contribution in [-0.2, 0) is 0 Å². The molecule has 664 valence electrons. The van der Waals surface area contributed by atoms with E-state index in [2.05, 4.69) is 576 Å². The molecule has 0 aliphatic heterocycles. The Balaban J connectivity index is 0.000000146. The van der Waals surface area contributed by atoms with E-state index in [0.29, 0.717) is 0 Å². The summed E-state index contributed by atoms with van der Waals surface area (Å²) in [4.78, 5) is 0. The van der Waals surface area contributed by atoms with Crippen molar-refractivity contribution in [1.82, 2.24) is 18.3 Å². The van der Waals surface area contributed by atoms with Gasteiger partial charge in [0, 0.05) is 65.8 Å². The molecular weight excluding hydrogens is 1710 g/mol. The first kappa shape index (κ1) is 83.8. The fourth-order valence-electron chi connectivity index (χ4n) is 21.7. The predicted octanol–water partition coefficient (Wildman–Crippen LogP) is 37.4. The largest absolute Gasteiger partial charge is 0.309 e. The molecule has 27 aromatic rings. The van der Waals surface area contributed by atoms with E-state index in [0.717, 1.165) is 22.7 Å².